The third-order valence-corrected chi connectivity index (χ3v) is 1.86. The molecule has 0 radical (unpaired) electrons. The summed E-state index contributed by atoms with van der Waals surface area (Å²) in [6.45, 7) is 2.67. The van der Waals surface area contributed by atoms with E-state index in [0.29, 0.717) is 12.6 Å². The van der Waals surface area contributed by atoms with Crippen molar-refractivity contribution in [1.82, 2.24) is 4.98 Å². The van der Waals surface area contributed by atoms with Crippen LogP contribution in [0.3, 0.4) is 0 Å². The van der Waals surface area contributed by atoms with Crippen LogP contribution in [-0.2, 0) is 0 Å². The predicted octanol–water partition coefficient (Wildman–Crippen LogP) is 0.902. The van der Waals surface area contributed by atoms with Crippen molar-refractivity contribution in [3.05, 3.63) is 11.6 Å². The fraction of sp³-hybridized carbons (Fsp3) is 0.500. The third kappa shape index (κ3) is 1.97. The van der Waals surface area contributed by atoms with Gasteiger partial charge in [0.05, 0.1) is 0 Å². The summed E-state index contributed by atoms with van der Waals surface area (Å²) in [4.78, 5) is 4.06. The highest BCUT2D eigenvalue weighted by Crippen LogP contribution is 2.10. The second-order valence-electron chi connectivity index (χ2n) is 2.12. The molecule has 1 unspecified atom stereocenters. The molecule has 4 heteroatoms. The van der Waals surface area contributed by atoms with E-state index in [4.69, 9.17) is 5.73 Å². The first-order valence-corrected chi connectivity index (χ1v) is 4.07. The molecule has 0 aliphatic carbocycles. The fourth-order valence-electron chi connectivity index (χ4n) is 0.564. The van der Waals surface area contributed by atoms with Crippen LogP contribution >= 0.6 is 11.3 Å². The number of aromatic nitrogens is 1. The molecular formula is C6H11N3S. The molecule has 0 spiro atoms. The summed E-state index contributed by atoms with van der Waals surface area (Å²) in [5.74, 6) is 0. The maximum Gasteiger partial charge on any atom is 0.182 e. The Balaban J connectivity index is 2.40. The number of nitrogens with one attached hydrogen (secondary N) is 1. The Morgan fingerprint density at radius 1 is 1.90 bits per heavy atom. The van der Waals surface area contributed by atoms with Crippen LogP contribution in [-0.4, -0.2) is 17.6 Å². The van der Waals surface area contributed by atoms with Gasteiger partial charge in [-0.15, -0.1) is 11.3 Å². The lowest BCUT2D eigenvalue weighted by Gasteiger charge is -2.08. The molecule has 10 heavy (non-hydrogen) atoms. The van der Waals surface area contributed by atoms with Crippen LogP contribution in [0, 0.1) is 0 Å². The highest BCUT2D eigenvalue weighted by atomic mass is 32.1. The number of hydrogen-bond acceptors (Lipinski definition) is 4. The first-order valence-electron chi connectivity index (χ1n) is 3.19. The lowest BCUT2D eigenvalue weighted by molar-refractivity contribution is 0.802. The molecule has 0 aliphatic heterocycles. The van der Waals surface area contributed by atoms with Gasteiger partial charge in [0.15, 0.2) is 5.13 Å². The number of nitrogens with two attached hydrogens (primary N) is 1. The smallest absolute Gasteiger partial charge is 0.182 e. The zero-order chi connectivity index (χ0) is 7.40. The molecule has 0 aromatic carbocycles. The van der Waals surface area contributed by atoms with Crippen molar-refractivity contribution in [3.63, 3.8) is 0 Å². The van der Waals surface area contributed by atoms with Crippen LogP contribution in [0.4, 0.5) is 5.13 Å². The van der Waals surface area contributed by atoms with Crippen LogP contribution in [0.2, 0.25) is 0 Å². The van der Waals surface area contributed by atoms with E-state index in [2.05, 4.69) is 10.3 Å². The lowest BCUT2D eigenvalue weighted by atomic mass is 10.4. The minimum absolute atomic E-state index is 0.311. The SMILES string of the molecule is CC(CN)Nc1nccs1. The normalized spacial score (nSPS) is 13.0. The van der Waals surface area contributed by atoms with Gasteiger partial charge in [-0.05, 0) is 6.92 Å². The van der Waals surface area contributed by atoms with E-state index in [1.54, 1.807) is 17.5 Å². The zero-order valence-corrected chi connectivity index (χ0v) is 6.69. The molecule has 1 atom stereocenters. The van der Waals surface area contributed by atoms with E-state index in [0.717, 1.165) is 5.13 Å². The summed E-state index contributed by atoms with van der Waals surface area (Å²) in [6, 6.07) is 0.311. The Morgan fingerprint density at radius 2 is 2.70 bits per heavy atom. The van der Waals surface area contributed by atoms with Crippen molar-refractivity contribution >= 4 is 16.5 Å². The number of hydrogen-bond donors (Lipinski definition) is 2. The van der Waals surface area contributed by atoms with E-state index in [1.165, 1.54) is 0 Å². The molecule has 0 saturated carbocycles. The van der Waals surface area contributed by atoms with Crippen molar-refractivity contribution in [2.45, 2.75) is 13.0 Å². The van der Waals surface area contributed by atoms with Crippen molar-refractivity contribution in [2.75, 3.05) is 11.9 Å². The van der Waals surface area contributed by atoms with Gasteiger partial charge in [-0.3, -0.25) is 0 Å². The first-order chi connectivity index (χ1) is 4.83. The van der Waals surface area contributed by atoms with E-state index in [-0.39, 0.29) is 0 Å². The fourth-order valence-corrected chi connectivity index (χ4v) is 1.21. The number of thiazole rings is 1. The van der Waals surface area contributed by atoms with Crippen molar-refractivity contribution in [3.8, 4) is 0 Å². The molecule has 0 saturated heterocycles. The molecule has 1 heterocycles. The highest BCUT2D eigenvalue weighted by molar-refractivity contribution is 7.13. The minimum Gasteiger partial charge on any atom is -0.358 e. The Hall–Kier alpha value is -0.610. The van der Waals surface area contributed by atoms with Gasteiger partial charge >= 0.3 is 0 Å². The van der Waals surface area contributed by atoms with E-state index in [9.17, 15) is 0 Å². The van der Waals surface area contributed by atoms with Crippen LogP contribution in [0.1, 0.15) is 6.92 Å². The monoisotopic (exact) mass is 157 g/mol. The van der Waals surface area contributed by atoms with Crippen LogP contribution in [0.5, 0.6) is 0 Å². The topological polar surface area (TPSA) is 50.9 Å². The third-order valence-electron chi connectivity index (χ3n) is 1.16. The molecule has 0 amide bonds. The summed E-state index contributed by atoms with van der Waals surface area (Å²) in [7, 11) is 0. The number of anilines is 1. The highest BCUT2D eigenvalue weighted by Gasteiger charge is 1.98. The van der Waals surface area contributed by atoms with Crippen LogP contribution < -0.4 is 11.1 Å². The van der Waals surface area contributed by atoms with Gasteiger partial charge in [-0.2, -0.15) is 0 Å². The molecule has 0 fully saturated rings. The number of rotatable bonds is 3. The summed E-state index contributed by atoms with van der Waals surface area (Å²) in [6.07, 6.45) is 1.77. The average Bonchev–Trinajstić information content (AvgIpc) is 2.40. The Morgan fingerprint density at radius 3 is 3.20 bits per heavy atom. The van der Waals surface area contributed by atoms with Crippen LogP contribution in [0.15, 0.2) is 11.6 Å². The van der Waals surface area contributed by atoms with Crippen molar-refractivity contribution in [1.29, 1.82) is 0 Å². The Labute approximate surface area is 64.3 Å². The van der Waals surface area contributed by atoms with Gasteiger partial charge in [0, 0.05) is 24.2 Å². The minimum atomic E-state index is 0.311. The molecule has 1 rings (SSSR count). The van der Waals surface area contributed by atoms with Gasteiger partial charge < -0.3 is 11.1 Å². The molecule has 0 bridgehead atoms. The molecule has 1 aromatic heterocycles. The van der Waals surface area contributed by atoms with E-state index >= 15 is 0 Å². The second-order valence-corrected chi connectivity index (χ2v) is 3.01. The summed E-state index contributed by atoms with van der Waals surface area (Å²) < 4.78 is 0. The summed E-state index contributed by atoms with van der Waals surface area (Å²) >= 11 is 1.59. The Kier molecular flexibility index (Phi) is 2.65. The molecular weight excluding hydrogens is 146 g/mol. The summed E-state index contributed by atoms with van der Waals surface area (Å²) in [5.41, 5.74) is 5.40. The van der Waals surface area contributed by atoms with E-state index in [1.807, 2.05) is 12.3 Å². The standard InChI is InChI=1S/C6H11N3S/c1-5(4-7)9-6-8-2-3-10-6/h2-3,5H,4,7H2,1H3,(H,8,9). The maximum atomic E-state index is 5.40. The number of nitrogens with zero attached hydrogens (tertiary/aromatic N) is 1. The predicted molar refractivity (Wildman–Crippen MR) is 44.3 cm³/mol. The maximum absolute atomic E-state index is 5.40. The van der Waals surface area contributed by atoms with Gasteiger partial charge in [0.25, 0.3) is 0 Å². The Bertz CT molecular complexity index is 173. The molecule has 3 nitrogen and oxygen atoms in total. The van der Waals surface area contributed by atoms with Crippen LogP contribution in [0.25, 0.3) is 0 Å². The molecule has 56 valence electrons. The molecule has 3 N–H and O–H groups in total. The summed E-state index contributed by atoms with van der Waals surface area (Å²) in [5, 5.41) is 6.03. The average molecular weight is 157 g/mol. The lowest BCUT2D eigenvalue weighted by Crippen LogP contribution is -2.24. The molecule has 0 aliphatic rings. The van der Waals surface area contributed by atoms with Crippen molar-refractivity contribution in [2.24, 2.45) is 5.73 Å². The zero-order valence-electron chi connectivity index (χ0n) is 5.87. The largest absolute Gasteiger partial charge is 0.358 e. The quantitative estimate of drug-likeness (QED) is 0.685. The van der Waals surface area contributed by atoms with Gasteiger partial charge in [0.1, 0.15) is 0 Å². The van der Waals surface area contributed by atoms with Crippen molar-refractivity contribution < 1.29 is 0 Å². The van der Waals surface area contributed by atoms with Gasteiger partial charge in [-0.25, -0.2) is 4.98 Å². The van der Waals surface area contributed by atoms with Gasteiger partial charge in [-0.1, -0.05) is 0 Å². The van der Waals surface area contributed by atoms with E-state index < -0.39 is 0 Å². The molecule has 1 aromatic rings. The first kappa shape index (κ1) is 7.50. The van der Waals surface area contributed by atoms with Gasteiger partial charge in [0.2, 0.25) is 0 Å². The second kappa shape index (κ2) is 3.53.